The van der Waals surface area contributed by atoms with Crippen LogP contribution in [0.1, 0.15) is 83.2 Å². The summed E-state index contributed by atoms with van der Waals surface area (Å²) in [5, 5.41) is 36.6. The van der Waals surface area contributed by atoms with Crippen molar-refractivity contribution in [1.29, 1.82) is 10.8 Å². The van der Waals surface area contributed by atoms with Gasteiger partial charge in [-0.3, -0.25) is 24.4 Å². The summed E-state index contributed by atoms with van der Waals surface area (Å²) in [6.45, 7) is 14.4. The Bertz CT molecular complexity index is 2950. The molecule has 0 radical (unpaired) electrons. The Morgan fingerprint density at radius 1 is 0.857 bits per heavy atom. The van der Waals surface area contributed by atoms with Crippen LogP contribution in [0.5, 0.6) is 5.75 Å². The molecular formula is C53H59ClN10O6. The number of benzene rings is 5. The zero-order valence-corrected chi connectivity index (χ0v) is 40.8. The number of ether oxygens (including phenoxy) is 1. The highest BCUT2D eigenvalue weighted by atomic mass is 35.5. The molecule has 5 aromatic carbocycles. The van der Waals surface area contributed by atoms with Crippen molar-refractivity contribution >= 4 is 64.2 Å². The van der Waals surface area contributed by atoms with Crippen LogP contribution < -0.4 is 43.0 Å². The van der Waals surface area contributed by atoms with E-state index in [0.29, 0.717) is 35.8 Å². The SMILES string of the molecule is C=Cc1cc(CNc2ccc(C(=N)N)cc2)c(-c2ccc(C(=O)NCC(C)C)cc2)cc1OC.CC(=N)c1ccc(CNC(=O)Cn2c(-c3cc(N)cc(C(=O)O)c3)c(Cl)nc(NC(C)C)c2=O)cc1. The van der Waals surface area contributed by atoms with E-state index >= 15 is 0 Å². The number of anilines is 3. The maximum absolute atomic E-state index is 13.3. The van der Waals surface area contributed by atoms with E-state index in [1.807, 2.05) is 68.4 Å². The van der Waals surface area contributed by atoms with Crippen molar-refractivity contribution in [2.24, 2.45) is 11.7 Å². The van der Waals surface area contributed by atoms with Gasteiger partial charge in [0.25, 0.3) is 11.5 Å². The number of amides is 2. The molecule has 0 aliphatic heterocycles. The summed E-state index contributed by atoms with van der Waals surface area (Å²) in [5.74, 6) is -0.610. The van der Waals surface area contributed by atoms with Crippen molar-refractivity contribution in [2.75, 3.05) is 30.0 Å². The minimum Gasteiger partial charge on any atom is -0.496 e. The van der Waals surface area contributed by atoms with Crippen molar-refractivity contribution in [3.05, 3.63) is 164 Å². The number of carboxylic acids is 1. The first-order valence-electron chi connectivity index (χ1n) is 22.3. The fourth-order valence-electron chi connectivity index (χ4n) is 7.08. The fraction of sp³-hybridized carbons (Fsp3) is 0.226. The van der Waals surface area contributed by atoms with Crippen molar-refractivity contribution < 1.29 is 24.2 Å². The van der Waals surface area contributed by atoms with Gasteiger partial charge in [0, 0.05) is 65.0 Å². The largest absolute Gasteiger partial charge is 0.496 e. The van der Waals surface area contributed by atoms with Crippen LogP contribution in [0.2, 0.25) is 5.15 Å². The topological polar surface area (TPSA) is 263 Å². The van der Waals surface area contributed by atoms with Gasteiger partial charge in [-0.1, -0.05) is 74.5 Å². The molecule has 364 valence electrons. The Morgan fingerprint density at radius 2 is 1.50 bits per heavy atom. The number of carbonyl (C=O) groups is 3. The van der Waals surface area contributed by atoms with E-state index in [2.05, 4.69) is 52.7 Å². The molecule has 2 amide bonds. The van der Waals surface area contributed by atoms with E-state index in [9.17, 15) is 24.3 Å². The molecule has 0 aliphatic rings. The third kappa shape index (κ3) is 14.1. The molecule has 0 fully saturated rings. The molecule has 16 nitrogen and oxygen atoms in total. The average Bonchev–Trinajstić information content (AvgIpc) is 3.33. The maximum atomic E-state index is 13.3. The minimum absolute atomic E-state index is 0.0356. The first kappa shape index (κ1) is 52.7. The average molecular weight is 968 g/mol. The zero-order chi connectivity index (χ0) is 51.2. The monoisotopic (exact) mass is 966 g/mol. The summed E-state index contributed by atoms with van der Waals surface area (Å²) in [4.78, 5) is 54.3. The molecule has 0 saturated carbocycles. The summed E-state index contributed by atoms with van der Waals surface area (Å²) in [5.41, 5.74) is 19.4. The summed E-state index contributed by atoms with van der Waals surface area (Å²) in [6, 6.07) is 30.2. The molecule has 0 atom stereocenters. The number of rotatable bonds is 19. The number of hydrogen-bond acceptors (Lipinski definition) is 11. The van der Waals surface area contributed by atoms with Gasteiger partial charge in [-0.15, -0.1) is 0 Å². The van der Waals surface area contributed by atoms with Gasteiger partial charge in [0.05, 0.1) is 18.4 Å². The van der Waals surface area contributed by atoms with Crippen LogP contribution in [0.4, 0.5) is 17.2 Å². The van der Waals surface area contributed by atoms with Crippen LogP contribution >= 0.6 is 11.6 Å². The maximum Gasteiger partial charge on any atom is 0.335 e. The van der Waals surface area contributed by atoms with E-state index in [1.54, 1.807) is 44.4 Å². The molecule has 70 heavy (non-hydrogen) atoms. The third-order valence-electron chi connectivity index (χ3n) is 10.7. The number of nitrogen functional groups attached to an aromatic ring is 2. The minimum atomic E-state index is -1.21. The molecule has 1 heterocycles. The molecule has 6 rings (SSSR count). The Balaban J connectivity index is 0.000000261. The highest BCUT2D eigenvalue weighted by Gasteiger charge is 2.22. The Labute approximate surface area is 412 Å². The molecular weight excluding hydrogens is 908 g/mol. The number of nitrogens with one attached hydrogen (secondary N) is 6. The number of methoxy groups -OCH3 is 1. The van der Waals surface area contributed by atoms with Crippen LogP contribution in [0.25, 0.3) is 28.5 Å². The third-order valence-corrected chi connectivity index (χ3v) is 10.9. The van der Waals surface area contributed by atoms with Crippen LogP contribution in [0, 0.1) is 16.7 Å². The predicted molar refractivity (Wildman–Crippen MR) is 280 cm³/mol. The second kappa shape index (κ2) is 24.2. The summed E-state index contributed by atoms with van der Waals surface area (Å²) < 4.78 is 6.73. The number of nitrogens with zero attached hydrogens (tertiary/aromatic N) is 2. The number of carboxylic acid groups (broad SMARTS) is 1. The first-order valence-corrected chi connectivity index (χ1v) is 22.7. The van der Waals surface area contributed by atoms with E-state index < -0.39 is 24.0 Å². The zero-order valence-electron chi connectivity index (χ0n) is 40.0. The van der Waals surface area contributed by atoms with Gasteiger partial charge in [-0.05, 0) is 121 Å². The van der Waals surface area contributed by atoms with Crippen LogP contribution in [-0.4, -0.2) is 63.7 Å². The van der Waals surface area contributed by atoms with Crippen molar-refractivity contribution in [3.63, 3.8) is 0 Å². The summed E-state index contributed by atoms with van der Waals surface area (Å²) in [7, 11) is 1.64. The van der Waals surface area contributed by atoms with E-state index in [-0.39, 0.29) is 57.8 Å². The van der Waals surface area contributed by atoms with Crippen molar-refractivity contribution in [1.82, 2.24) is 20.2 Å². The smallest absolute Gasteiger partial charge is 0.335 e. The molecule has 6 aromatic rings. The van der Waals surface area contributed by atoms with Crippen molar-refractivity contribution in [2.45, 2.75) is 60.3 Å². The number of aromatic nitrogens is 2. The summed E-state index contributed by atoms with van der Waals surface area (Å²) in [6.07, 6.45) is 1.77. The molecule has 0 saturated heterocycles. The lowest BCUT2D eigenvalue weighted by atomic mass is 9.95. The number of halogens is 1. The number of nitrogens with two attached hydrogens (primary N) is 2. The molecule has 0 bridgehead atoms. The van der Waals surface area contributed by atoms with E-state index in [1.165, 1.54) is 18.2 Å². The van der Waals surface area contributed by atoms with Gasteiger partial charge in [-0.2, -0.15) is 0 Å². The van der Waals surface area contributed by atoms with Gasteiger partial charge in [-0.25, -0.2) is 9.78 Å². The van der Waals surface area contributed by atoms with Gasteiger partial charge in [0.2, 0.25) is 5.91 Å². The van der Waals surface area contributed by atoms with Gasteiger partial charge < -0.3 is 48.0 Å². The lowest BCUT2D eigenvalue weighted by Crippen LogP contribution is -2.35. The number of aromatic carboxylic acids is 1. The first-order chi connectivity index (χ1) is 33.3. The molecule has 0 aliphatic carbocycles. The van der Waals surface area contributed by atoms with Gasteiger partial charge >= 0.3 is 5.97 Å². The highest BCUT2D eigenvalue weighted by molar-refractivity contribution is 6.32. The summed E-state index contributed by atoms with van der Waals surface area (Å²) >= 11 is 6.46. The second-order valence-corrected chi connectivity index (χ2v) is 17.4. The normalized spacial score (nSPS) is 10.7. The van der Waals surface area contributed by atoms with E-state index in [0.717, 1.165) is 49.4 Å². The number of hydrogen-bond donors (Lipinski definition) is 9. The molecule has 0 unspecified atom stereocenters. The Morgan fingerprint density at radius 3 is 2.07 bits per heavy atom. The van der Waals surface area contributed by atoms with Crippen LogP contribution in [0.15, 0.2) is 115 Å². The Hall–Kier alpha value is -8.24. The fourth-order valence-corrected chi connectivity index (χ4v) is 7.37. The number of amidine groups is 1. The van der Waals surface area contributed by atoms with Gasteiger partial charge in [0.1, 0.15) is 18.1 Å². The lowest BCUT2D eigenvalue weighted by molar-refractivity contribution is -0.121. The van der Waals surface area contributed by atoms with Crippen LogP contribution in [0.3, 0.4) is 0 Å². The van der Waals surface area contributed by atoms with Crippen molar-refractivity contribution in [3.8, 4) is 28.1 Å². The van der Waals surface area contributed by atoms with Crippen LogP contribution in [-0.2, 0) is 24.4 Å². The highest BCUT2D eigenvalue weighted by Crippen LogP contribution is 2.33. The Kier molecular flexibility index (Phi) is 18.2. The lowest BCUT2D eigenvalue weighted by Gasteiger charge is -2.18. The van der Waals surface area contributed by atoms with Gasteiger partial charge in [0.15, 0.2) is 11.0 Å². The second-order valence-electron chi connectivity index (χ2n) is 17.0. The molecule has 17 heteroatoms. The van der Waals surface area contributed by atoms with E-state index in [4.69, 9.17) is 38.6 Å². The number of carbonyl (C=O) groups excluding carboxylic acids is 2. The predicted octanol–water partition coefficient (Wildman–Crippen LogP) is 8.66. The standard InChI is InChI=1S/C28H32N4O2.C25H27ClN6O4/c1-5-19-14-23(17-31-24-12-10-21(11-13-24)27(29)30)25(15-26(19)34-4)20-6-8-22(9-7-20)28(33)32-16-18(2)3;1-13(2)30-23-24(34)32(12-20(33)29-11-15-4-6-16(7-5-15)14(3)27)21(22(26)31-23)17-8-18(25(35)36)10-19(28)9-17/h5-15,18,31H,1,16-17H2,2-4H3,(H3,29,30)(H,32,33);4-10,13,27H,11-12,28H2,1-3H3,(H,29,33)(H,30,31)(H,35,36). The molecule has 11 N–H and O–H groups in total. The molecule has 1 aromatic heterocycles. The molecule has 0 spiro atoms. The quantitative estimate of drug-likeness (QED) is 0.0211.